The summed E-state index contributed by atoms with van der Waals surface area (Å²) in [6.45, 7) is 7.12. The van der Waals surface area contributed by atoms with Crippen molar-refractivity contribution in [1.82, 2.24) is 5.32 Å². The zero-order chi connectivity index (χ0) is 15.5. The minimum atomic E-state index is -2.93. The van der Waals surface area contributed by atoms with Crippen LogP contribution >= 0.6 is 0 Å². The van der Waals surface area contributed by atoms with Gasteiger partial charge in [-0.2, -0.15) is 0 Å². The molecule has 1 aliphatic carbocycles. The SMILES string of the molecule is CCS(=O)(=O)C[C@H](C)NC[C@H]1COC2(CCC(C)CC2)O1. The number of ether oxygens (including phenoxy) is 2. The first-order valence-corrected chi connectivity index (χ1v) is 9.92. The van der Waals surface area contributed by atoms with Crippen LogP contribution in [0, 0.1) is 5.92 Å². The van der Waals surface area contributed by atoms with Crippen LogP contribution in [0.4, 0.5) is 0 Å². The second kappa shape index (κ2) is 6.94. The van der Waals surface area contributed by atoms with Crippen LogP contribution in [-0.4, -0.2) is 51.0 Å². The summed E-state index contributed by atoms with van der Waals surface area (Å²) >= 11 is 0. The third kappa shape index (κ3) is 4.91. The van der Waals surface area contributed by atoms with Gasteiger partial charge in [0, 0.05) is 31.2 Å². The van der Waals surface area contributed by atoms with Gasteiger partial charge in [0.25, 0.3) is 0 Å². The van der Waals surface area contributed by atoms with E-state index in [0.717, 1.165) is 31.6 Å². The van der Waals surface area contributed by atoms with Gasteiger partial charge in [-0.3, -0.25) is 0 Å². The molecule has 2 aliphatic rings. The molecule has 0 radical (unpaired) electrons. The van der Waals surface area contributed by atoms with Gasteiger partial charge >= 0.3 is 0 Å². The summed E-state index contributed by atoms with van der Waals surface area (Å²) in [6.07, 6.45) is 4.30. The van der Waals surface area contributed by atoms with E-state index < -0.39 is 9.84 Å². The summed E-state index contributed by atoms with van der Waals surface area (Å²) < 4.78 is 35.2. The molecule has 2 atom stereocenters. The van der Waals surface area contributed by atoms with Gasteiger partial charge in [0.15, 0.2) is 15.6 Å². The summed E-state index contributed by atoms with van der Waals surface area (Å²) in [7, 11) is -2.93. The highest BCUT2D eigenvalue weighted by molar-refractivity contribution is 7.91. The molecule has 0 aromatic rings. The molecule has 1 saturated heterocycles. The molecule has 6 heteroatoms. The van der Waals surface area contributed by atoms with Crippen molar-refractivity contribution in [3.05, 3.63) is 0 Å². The Hall–Kier alpha value is -0.170. The van der Waals surface area contributed by atoms with Gasteiger partial charge in [-0.25, -0.2) is 8.42 Å². The van der Waals surface area contributed by atoms with Crippen molar-refractivity contribution in [2.75, 3.05) is 24.7 Å². The van der Waals surface area contributed by atoms with Crippen molar-refractivity contribution in [2.45, 2.75) is 64.4 Å². The predicted molar refractivity (Wildman–Crippen MR) is 83.0 cm³/mol. The van der Waals surface area contributed by atoms with Gasteiger partial charge in [-0.15, -0.1) is 0 Å². The zero-order valence-corrected chi connectivity index (χ0v) is 14.2. The Bertz CT molecular complexity index is 429. The van der Waals surface area contributed by atoms with E-state index in [9.17, 15) is 8.42 Å². The van der Waals surface area contributed by atoms with Gasteiger partial charge in [-0.1, -0.05) is 13.8 Å². The lowest BCUT2D eigenvalue weighted by atomic mass is 9.86. The molecule has 1 saturated carbocycles. The topological polar surface area (TPSA) is 64.6 Å². The predicted octanol–water partition coefficient (Wildman–Crippen LogP) is 1.72. The summed E-state index contributed by atoms with van der Waals surface area (Å²) in [5.74, 6) is 0.778. The molecule has 0 unspecified atom stereocenters. The normalized spacial score (nSPS) is 35.2. The Labute approximate surface area is 128 Å². The van der Waals surface area contributed by atoms with Gasteiger partial charge in [0.2, 0.25) is 0 Å². The molecular formula is C15H29NO4S. The summed E-state index contributed by atoms with van der Waals surface area (Å²) in [5, 5.41) is 3.26. The number of hydrogen-bond acceptors (Lipinski definition) is 5. The minimum absolute atomic E-state index is 0.0326. The maximum Gasteiger partial charge on any atom is 0.168 e. The third-order valence-electron chi connectivity index (χ3n) is 4.59. The van der Waals surface area contributed by atoms with E-state index in [2.05, 4.69) is 12.2 Å². The first kappa shape index (κ1) is 17.2. The molecule has 1 heterocycles. The summed E-state index contributed by atoms with van der Waals surface area (Å²) in [6, 6.07) is -0.0542. The van der Waals surface area contributed by atoms with Crippen LogP contribution < -0.4 is 5.32 Å². The molecule has 124 valence electrons. The fourth-order valence-corrected chi connectivity index (χ4v) is 4.19. The molecule has 21 heavy (non-hydrogen) atoms. The molecule has 2 fully saturated rings. The van der Waals surface area contributed by atoms with Crippen LogP contribution in [0.5, 0.6) is 0 Å². The molecule has 5 nitrogen and oxygen atoms in total. The van der Waals surface area contributed by atoms with Gasteiger partial charge in [0.1, 0.15) is 0 Å². The number of sulfone groups is 1. The second-order valence-corrected chi connectivity index (χ2v) is 9.05. The minimum Gasteiger partial charge on any atom is -0.347 e. The highest BCUT2D eigenvalue weighted by Crippen LogP contribution is 2.39. The molecular weight excluding hydrogens is 290 g/mol. The quantitative estimate of drug-likeness (QED) is 0.807. The summed E-state index contributed by atoms with van der Waals surface area (Å²) in [4.78, 5) is 0. The molecule has 0 amide bonds. The standard InChI is InChI=1S/C15H29NO4S/c1-4-21(17,18)11-13(3)16-9-14-10-19-15(20-14)7-5-12(2)6-8-15/h12-14,16H,4-11H2,1-3H3/t12?,13-,14-,15?/m0/s1. The lowest BCUT2D eigenvalue weighted by molar-refractivity contribution is -0.191. The fraction of sp³-hybridized carbons (Fsp3) is 1.00. The maximum atomic E-state index is 11.6. The van der Waals surface area contributed by atoms with Crippen molar-refractivity contribution in [3.8, 4) is 0 Å². The fourth-order valence-electron chi connectivity index (χ4n) is 3.07. The van der Waals surface area contributed by atoms with Gasteiger partial charge < -0.3 is 14.8 Å². The van der Waals surface area contributed by atoms with E-state index in [4.69, 9.17) is 9.47 Å². The van der Waals surface area contributed by atoms with Crippen molar-refractivity contribution < 1.29 is 17.9 Å². The van der Waals surface area contributed by atoms with Crippen molar-refractivity contribution in [2.24, 2.45) is 5.92 Å². The van der Waals surface area contributed by atoms with Gasteiger partial charge in [-0.05, 0) is 25.7 Å². The average Bonchev–Trinajstić information content (AvgIpc) is 2.83. The lowest BCUT2D eigenvalue weighted by Gasteiger charge is -2.34. The third-order valence-corrected chi connectivity index (χ3v) is 6.48. The molecule has 2 rings (SSSR count). The van der Waals surface area contributed by atoms with Crippen molar-refractivity contribution in [3.63, 3.8) is 0 Å². The Morgan fingerprint density at radius 2 is 2.00 bits per heavy atom. The molecule has 1 N–H and O–H groups in total. The Kier molecular flexibility index (Phi) is 5.68. The molecule has 1 spiro atoms. The van der Waals surface area contributed by atoms with Gasteiger partial charge in [0.05, 0.1) is 18.5 Å². The van der Waals surface area contributed by atoms with Crippen LogP contribution in [0.3, 0.4) is 0 Å². The zero-order valence-electron chi connectivity index (χ0n) is 13.4. The van der Waals surface area contributed by atoms with Crippen molar-refractivity contribution >= 4 is 9.84 Å². The summed E-state index contributed by atoms with van der Waals surface area (Å²) in [5.41, 5.74) is 0. The largest absolute Gasteiger partial charge is 0.347 e. The Morgan fingerprint density at radius 3 is 2.62 bits per heavy atom. The number of hydrogen-bond donors (Lipinski definition) is 1. The number of rotatable bonds is 6. The second-order valence-electron chi connectivity index (χ2n) is 6.65. The van der Waals surface area contributed by atoms with E-state index >= 15 is 0 Å². The van der Waals surface area contributed by atoms with E-state index in [1.807, 2.05) is 6.92 Å². The monoisotopic (exact) mass is 319 g/mol. The highest BCUT2D eigenvalue weighted by Gasteiger charge is 2.43. The van der Waals surface area contributed by atoms with E-state index in [0.29, 0.717) is 13.2 Å². The number of nitrogens with one attached hydrogen (secondary N) is 1. The average molecular weight is 319 g/mol. The van der Waals surface area contributed by atoms with E-state index in [1.54, 1.807) is 6.92 Å². The highest BCUT2D eigenvalue weighted by atomic mass is 32.2. The molecule has 0 bridgehead atoms. The smallest absolute Gasteiger partial charge is 0.168 e. The maximum absolute atomic E-state index is 11.6. The Balaban J connectivity index is 1.73. The lowest BCUT2D eigenvalue weighted by Crippen LogP contribution is -2.41. The molecule has 0 aromatic carbocycles. The first-order valence-electron chi connectivity index (χ1n) is 8.10. The van der Waals surface area contributed by atoms with E-state index in [-0.39, 0.29) is 29.4 Å². The van der Waals surface area contributed by atoms with Crippen LogP contribution in [0.1, 0.15) is 46.5 Å². The molecule has 0 aromatic heterocycles. The molecule has 1 aliphatic heterocycles. The van der Waals surface area contributed by atoms with Crippen LogP contribution in [0.15, 0.2) is 0 Å². The van der Waals surface area contributed by atoms with Crippen LogP contribution in [0.25, 0.3) is 0 Å². The van der Waals surface area contributed by atoms with Crippen molar-refractivity contribution in [1.29, 1.82) is 0 Å². The van der Waals surface area contributed by atoms with Crippen LogP contribution in [-0.2, 0) is 19.3 Å². The first-order chi connectivity index (χ1) is 9.84. The Morgan fingerprint density at radius 1 is 1.33 bits per heavy atom. The van der Waals surface area contributed by atoms with E-state index in [1.165, 1.54) is 0 Å². The van der Waals surface area contributed by atoms with Crippen LogP contribution in [0.2, 0.25) is 0 Å².